The van der Waals surface area contributed by atoms with Crippen molar-refractivity contribution in [3.63, 3.8) is 0 Å². The molecule has 0 saturated heterocycles. The summed E-state index contributed by atoms with van der Waals surface area (Å²) in [6.07, 6.45) is 2.69. The Morgan fingerprint density at radius 2 is 1.95 bits per heavy atom. The summed E-state index contributed by atoms with van der Waals surface area (Å²) in [6.45, 7) is 1.57. The Morgan fingerprint density at radius 3 is 2.64 bits per heavy atom. The SMILES string of the molecule is CCNC(=O)NC(=O)COC(=O)/C=C/c1ccccc1OC. The van der Waals surface area contributed by atoms with Crippen molar-refractivity contribution in [3.8, 4) is 5.75 Å². The van der Waals surface area contributed by atoms with Gasteiger partial charge in [0.2, 0.25) is 0 Å². The summed E-state index contributed by atoms with van der Waals surface area (Å²) < 4.78 is 9.85. The summed E-state index contributed by atoms with van der Waals surface area (Å²) in [7, 11) is 1.52. The molecule has 0 saturated carbocycles. The first-order chi connectivity index (χ1) is 10.6. The molecule has 0 aliphatic carbocycles. The molecule has 7 nitrogen and oxygen atoms in total. The van der Waals surface area contributed by atoms with Gasteiger partial charge in [-0.25, -0.2) is 9.59 Å². The standard InChI is InChI=1S/C15H18N2O5/c1-3-16-15(20)17-13(18)10-22-14(19)9-8-11-6-4-5-7-12(11)21-2/h4-9H,3,10H2,1-2H3,(H2,16,17,18,20)/b9-8+. The van der Waals surface area contributed by atoms with Crippen molar-refractivity contribution in [1.82, 2.24) is 10.6 Å². The molecule has 118 valence electrons. The van der Waals surface area contributed by atoms with Crippen LogP contribution in [0.3, 0.4) is 0 Å². The van der Waals surface area contributed by atoms with Crippen LogP contribution in [0, 0.1) is 0 Å². The van der Waals surface area contributed by atoms with Crippen LogP contribution < -0.4 is 15.4 Å². The predicted molar refractivity (Wildman–Crippen MR) is 80.2 cm³/mol. The van der Waals surface area contributed by atoms with Crippen molar-refractivity contribution >= 4 is 24.0 Å². The molecule has 1 aromatic carbocycles. The predicted octanol–water partition coefficient (Wildman–Crippen LogP) is 1.10. The second-order valence-electron chi connectivity index (χ2n) is 4.09. The van der Waals surface area contributed by atoms with Gasteiger partial charge in [-0.2, -0.15) is 0 Å². The van der Waals surface area contributed by atoms with E-state index in [1.807, 2.05) is 5.32 Å². The summed E-state index contributed by atoms with van der Waals surface area (Å²) in [6, 6.07) is 6.50. The van der Waals surface area contributed by atoms with E-state index in [0.29, 0.717) is 17.9 Å². The monoisotopic (exact) mass is 306 g/mol. The van der Waals surface area contributed by atoms with Crippen molar-refractivity contribution in [2.24, 2.45) is 0 Å². The third-order valence-electron chi connectivity index (χ3n) is 2.47. The van der Waals surface area contributed by atoms with Gasteiger partial charge in [-0.1, -0.05) is 18.2 Å². The first kappa shape index (κ1) is 17.2. The highest BCUT2D eigenvalue weighted by Crippen LogP contribution is 2.18. The zero-order valence-corrected chi connectivity index (χ0v) is 12.4. The number of rotatable bonds is 6. The topological polar surface area (TPSA) is 93.7 Å². The number of urea groups is 1. The maximum atomic E-state index is 11.5. The van der Waals surface area contributed by atoms with E-state index in [-0.39, 0.29) is 0 Å². The van der Waals surface area contributed by atoms with Crippen LogP contribution >= 0.6 is 0 Å². The van der Waals surface area contributed by atoms with Crippen LogP contribution in [0.4, 0.5) is 4.79 Å². The number of amides is 3. The summed E-state index contributed by atoms with van der Waals surface area (Å²) in [5, 5.41) is 4.40. The molecule has 0 atom stereocenters. The number of hydrogen-bond donors (Lipinski definition) is 2. The van der Waals surface area contributed by atoms with Crippen LogP contribution in [0.5, 0.6) is 5.75 Å². The van der Waals surface area contributed by atoms with Crippen molar-refractivity contribution in [2.45, 2.75) is 6.92 Å². The van der Waals surface area contributed by atoms with Gasteiger partial charge in [-0.15, -0.1) is 0 Å². The molecule has 0 unspecified atom stereocenters. The molecule has 7 heteroatoms. The molecule has 3 amide bonds. The number of nitrogens with one attached hydrogen (secondary N) is 2. The molecule has 0 radical (unpaired) electrons. The van der Waals surface area contributed by atoms with Crippen LogP contribution in [0.2, 0.25) is 0 Å². The maximum absolute atomic E-state index is 11.5. The van der Waals surface area contributed by atoms with Gasteiger partial charge in [0.1, 0.15) is 5.75 Å². The Kier molecular flexibility index (Phi) is 7.18. The molecule has 1 rings (SSSR count). The fourth-order valence-corrected chi connectivity index (χ4v) is 1.51. The number of carbonyl (C=O) groups excluding carboxylic acids is 3. The van der Waals surface area contributed by atoms with Gasteiger partial charge in [0.05, 0.1) is 7.11 Å². The smallest absolute Gasteiger partial charge is 0.331 e. The van der Waals surface area contributed by atoms with Gasteiger partial charge in [0, 0.05) is 18.2 Å². The number of esters is 1. The summed E-state index contributed by atoms with van der Waals surface area (Å²) in [5.41, 5.74) is 0.703. The Labute approximate surface area is 128 Å². The highest BCUT2D eigenvalue weighted by atomic mass is 16.5. The Morgan fingerprint density at radius 1 is 1.23 bits per heavy atom. The summed E-state index contributed by atoms with van der Waals surface area (Å²) in [4.78, 5) is 33.9. The van der Waals surface area contributed by atoms with E-state index in [0.717, 1.165) is 0 Å². The van der Waals surface area contributed by atoms with Gasteiger partial charge < -0.3 is 14.8 Å². The molecule has 0 heterocycles. The molecule has 0 spiro atoms. The minimum Gasteiger partial charge on any atom is -0.496 e. The largest absolute Gasteiger partial charge is 0.496 e. The Balaban J connectivity index is 2.44. The van der Waals surface area contributed by atoms with Gasteiger partial charge >= 0.3 is 12.0 Å². The molecule has 0 aliphatic rings. The van der Waals surface area contributed by atoms with Crippen LogP contribution in [-0.2, 0) is 14.3 Å². The van der Waals surface area contributed by atoms with Gasteiger partial charge in [0.15, 0.2) is 6.61 Å². The Hall–Kier alpha value is -2.83. The number of benzene rings is 1. The first-order valence-corrected chi connectivity index (χ1v) is 6.62. The van der Waals surface area contributed by atoms with E-state index in [9.17, 15) is 14.4 Å². The second-order valence-corrected chi connectivity index (χ2v) is 4.09. The average Bonchev–Trinajstić information content (AvgIpc) is 2.51. The number of para-hydroxylation sites is 1. The van der Waals surface area contributed by atoms with E-state index in [2.05, 4.69) is 5.32 Å². The number of carbonyl (C=O) groups is 3. The second kappa shape index (κ2) is 9.17. The normalized spacial score (nSPS) is 10.1. The number of ether oxygens (including phenoxy) is 2. The molecule has 0 fully saturated rings. The van der Waals surface area contributed by atoms with E-state index in [1.54, 1.807) is 31.2 Å². The molecule has 1 aromatic rings. The van der Waals surface area contributed by atoms with Gasteiger partial charge in [-0.05, 0) is 19.1 Å². The van der Waals surface area contributed by atoms with Crippen LogP contribution in [0.15, 0.2) is 30.3 Å². The maximum Gasteiger partial charge on any atom is 0.331 e. The fraction of sp³-hybridized carbons (Fsp3) is 0.267. The lowest BCUT2D eigenvalue weighted by Gasteiger charge is -2.05. The van der Waals surface area contributed by atoms with Gasteiger partial charge in [0.25, 0.3) is 5.91 Å². The van der Waals surface area contributed by atoms with Crippen molar-refractivity contribution in [2.75, 3.05) is 20.3 Å². The van der Waals surface area contributed by atoms with Crippen LogP contribution in [0.1, 0.15) is 12.5 Å². The highest BCUT2D eigenvalue weighted by Gasteiger charge is 2.08. The van der Waals surface area contributed by atoms with Gasteiger partial charge in [-0.3, -0.25) is 10.1 Å². The fourth-order valence-electron chi connectivity index (χ4n) is 1.51. The molecule has 0 aromatic heterocycles. The molecular formula is C15H18N2O5. The third kappa shape index (κ3) is 6.08. The number of hydrogen-bond acceptors (Lipinski definition) is 5. The first-order valence-electron chi connectivity index (χ1n) is 6.62. The summed E-state index contributed by atoms with van der Waals surface area (Å²) in [5.74, 6) is -0.789. The van der Waals surface area contributed by atoms with E-state index >= 15 is 0 Å². The van der Waals surface area contributed by atoms with Crippen molar-refractivity contribution in [3.05, 3.63) is 35.9 Å². The average molecular weight is 306 g/mol. The number of imide groups is 1. The quantitative estimate of drug-likeness (QED) is 0.606. The number of methoxy groups -OCH3 is 1. The molecule has 0 bridgehead atoms. The van der Waals surface area contributed by atoms with E-state index in [1.165, 1.54) is 19.3 Å². The zero-order chi connectivity index (χ0) is 16.4. The third-order valence-corrected chi connectivity index (χ3v) is 2.47. The Bertz CT molecular complexity index is 569. The molecule has 0 aliphatic heterocycles. The lowest BCUT2D eigenvalue weighted by Crippen LogP contribution is -2.41. The lowest BCUT2D eigenvalue weighted by atomic mass is 10.2. The minimum absolute atomic E-state index is 0.389. The van der Waals surface area contributed by atoms with Crippen molar-refractivity contribution in [1.29, 1.82) is 0 Å². The molecule has 2 N–H and O–H groups in total. The van der Waals surface area contributed by atoms with E-state index in [4.69, 9.17) is 9.47 Å². The molecule has 22 heavy (non-hydrogen) atoms. The van der Waals surface area contributed by atoms with Crippen LogP contribution in [0.25, 0.3) is 6.08 Å². The minimum atomic E-state index is -0.704. The summed E-state index contributed by atoms with van der Waals surface area (Å²) >= 11 is 0. The molecular weight excluding hydrogens is 288 g/mol. The highest BCUT2D eigenvalue weighted by molar-refractivity contribution is 5.96. The van der Waals surface area contributed by atoms with E-state index < -0.39 is 24.5 Å². The van der Waals surface area contributed by atoms with Crippen LogP contribution in [-0.4, -0.2) is 38.2 Å². The van der Waals surface area contributed by atoms with Crippen molar-refractivity contribution < 1.29 is 23.9 Å². The lowest BCUT2D eigenvalue weighted by molar-refractivity contribution is -0.143. The zero-order valence-electron chi connectivity index (χ0n) is 12.4.